The molecule has 4 aliphatic heterocycles. The van der Waals surface area contributed by atoms with E-state index in [0.29, 0.717) is 97.0 Å². The van der Waals surface area contributed by atoms with E-state index in [1.807, 2.05) is 0 Å². The maximum Gasteiger partial charge on any atom is 0.243 e. The van der Waals surface area contributed by atoms with Crippen LogP contribution in [0.2, 0.25) is 0 Å². The molecule has 4 heterocycles. The van der Waals surface area contributed by atoms with Gasteiger partial charge in [-0.15, -0.1) is 0 Å². The monoisotopic (exact) mass is 782 g/mol. The van der Waals surface area contributed by atoms with Gasteiger partial charge in [0.1, 0.15) is 24.6 Å². The number of likely N-dealkylation sites (tertiary alicyclic amines) is 2. The predicted octanol–water partition coefficient (Wildman–Crippen LogP) is 5.35. The molecule has 0 aromatic heterocycles. The van der Waals surface area contributed by atoms with Gasteiger partial charge in [-0.05, 0) is 127 Å². The Labute approximate surface area is 322 Å². The van der Waals surface area contributed by atoms with Crippen molar-refractivity contribution in [1.29, 1.82) is 0 Å². The maximum absolute atomic E-state index is 14.1. The first kappa shape index (κ1) is 39.4. The summed E-state index contributed by atoms with van der Waals surface area (Å²) in [6.07, 6.45) is 9.43. The second-order valence-electron chi connectivity index (χ2n) is 16.3. The lowest BCUT2D eigenvalue weighted by molar-refractivity contribution is 0.121. The van der Waals surface area contributed by atoms with Crippen LogP contribution >= 0.6 is 0 Å². The molecule has 12 nitrogen and oxygen atoms in total. The molecule has 0 spiro atoms. The molecule has 0 amide bonds. The van der Waals surface area contributed by atoms with Crippen LogP contribution in [0.1, 0.15) is 100 Å². The maximum atomic E-state index is 14.1. The molecule has 2 unspecified atom stereocenters. The minimum absolute atomic E-state index is 0.162. The van der Waals surface area contributed by atoms with Gasteiger partial charge in [0.25, 0.3) is 0 Å². The fourth-order valence-corrected chi connectivity index (χ4v) is 11.7. The van der Waals surface area contributed by atoms with Crippen LogP contribution in [0.15, 0.2) is 56.5 Å². The van der Waals surface area contributed by atoms with Gasteiger partial charge in [0.15, 0.2) is 0 Å². The number of oxime groups is 2. The number of sulfonamides is 2. The lowest BCUT2D eigenvalue weighted by atomic mass is 9.83. The quantitative estimate of drug-likeness (QED) is 0.178. The Bertz CT molecular complexity index is 1830. The fraction of sp³-hybridized carbons (Fsp3) is 0.650. The smallest absolute Gasteiger partial charge is 0.243 e. The molecule has 4 saturated heterocycles. The second-order valence-corrected chi connectivity index (χ2v) is 20.1. The van der Waals surface area contributed by atoms with E-state index in [1.54, 1.807) is 45.0 Å². The molecule has 2 aromatic rings. The third kappa shape index (κ3) is 8.29. The van der Waals surface area contributed by atoms with Gasteiger partial charge in [-0.2, -0.15) is 8.61 Å². The van der Waals surface area contributed by atoms with Gasteiger partial charge in [-0.3, -0.25) is 0 Å². The Hall–Kier alpha value is -2.88. The number of fused-ring (bicyclic) bond motifs is 2. The Kier molecular flexibility index (Phi) is 12.2. The minimum Gasteiger partial charge on any atom is -0.395 e. The summed E-state index contributed by atoms with van der Waals surface area (Å²) in [5.74, 6) is 0.950. The van der Waals surface area contributed by atoms with Crippen molar-refractivity contribution in [2.45, 2.75) is 99.9 Å². The topological polar surface area (TPSA) is 124 Å². The average molecular weight is 783 g/mol. The van der Waals surface area contributed by atoms with Gasteiger partial charge in [0.2, 0.25) is 20.0 Å². The van der Waals surface area contributed by atoms with Crippen LogP contribution in [0.25, 0.3) is 0 Å². The van der Waals surface area contributed by atoms with E-state index in [2.05, 4.69) is 37.7 Å². The van der Waals surface area contributed by atoms with E-state index in [9.17, 15) is 16.8 Å². The highest BCUT2D eigenvalue weighted by molar-refractivity contribution is 7.89. The zero-order valence-electron chi connectivity index (χ0n) is 32.5. The first-order chi connectivity index (χ1) is 25.9. The second kappa shape index (κ2) is 16.7. The Morgan fingerprint density at radius 3 is 1.33 bits per heavy atom. The summed E-state index contributed by atoms with van der Waals surface area (Å²) in [7, 11) is -3.36. The highest BCUT2D eigenvalue weighted by atomic mass is 32.2. The zero-order valence-corrected chi connectivity index (χ0v) is 34.1. The average Bonchev–Trinajstić information content (AvgIpc) is 3.78. The fourth-order valence-electron chi connectivity index (χ4n) is 8.69. The molecule has 0 bridgehead atoms. The highest BCUT2D eigenvalue weighted by Gasteiger charge is 2.35. The van der Waals surface area contributed by atoms with Gasteiger partial charge in [0, 0.05) is 60.5 Å². The molecule has 5 aliphatic rings. The zero-order chi connectivity index (χ0) is 38.0. The molecule has 2 atom stereocenters. The number of hydrogen-bond acceptors (Lipinski definition) is 10. The van der Waals surface area contributed by atoms with Gasteiger partial charge < -0.3 is 19.5 Å². The first-order valence-electron chi connectivity index (χ1n) is 20.0. The molecule has 0 N–H and O–H groups in total. The molecule has 296 valence electrons. The van der Waals surface area contributed by atoms with Crippen LogP contribution in [0.5, 0.6) is 0 Å². The van der Waals surface area contributed by atoms with Gasteiger partial charge in [0.05, 0.1) is 9.79 Å². The number of benzene rings is 2. The predicted molar refractivity (Wildman–Crippen MR) is 211 cm³/mol. The molecule has 7 rings (SSSR count). The molecule has 14 heteroatoms. The standard InChI is InChI=1S/C40H58N6O6S2/c1-29-13-21-45(22-14-29)53(47,48)33-9-11-35-37(27-33)40(42-52-26-18-32-8-6-20-44(32)4)38-28-34(54(49,50)46-23-15-30(2)16-24-46)10-12-36(38)39(35)41-51-25-17-31-7-5-19-43(31)3/h9-12,27-32H,5-8,13-26H2,1-4H3. The van der Waals surface area contributed by atoms with E-state index in [-0.39, 0.29) is 9.79 Å². The van der Waals surface area contributed by atoms with E-state index in [1.165, 1.54) is 6.42 Å². The van der Waals surface area contributed by atoms with Crippen LogP contribution < -0.4 is 0 Å². The lowest BCUT2D eigenvalue weighted by Gasteiger charge is -2.30. The molecule has 0 radical (unpaired) electrons. The van der Waals surface area contributed by atoms with Gasteiger partial charge in [-0.25, -0.2) is 16.8 Å². The van der Waals surface area contributed by atoms with E-state index in [4.69, 9.17) is 20.0 Å². The van der Waals surface area contributed by atoms with E-state index in [0.717, 1.165) is 70.9 Å². The Morgan fingerprint density at radius 2 is 0.963 bits per heavy atom. The summed E-state index contributed by atoms with van der Waals surface area (Å²) < 4.78 is 59.6. The molecule has 4 fully saturated rings. The van der Waals surface area contributed by atoms with Crippen molar-refractivity contribution in [1.82, 2.24) is 18.4 Å². The summed E-state index contributed by atoms with van der Waals surface area (Å²) in [6.45, 7) is 9.11. The minimum atomic E-state index is -3.81. The molecule has 2 aromatic carbocycles. The number of nitrogens with zero attached hydrogens (tertiary/aromatic N) is 6. The molecule has 1 aliphatic carbocycles. The van der Waals surface area contributed by atoms with Crippen molar-refractivity contribution in [3.63, 3.8) is 0 Å². The van der Waals surface area contributed by atoms with Crippen LogP contribution in [0, 0.1) is 11.8 Å². The highest BCUT2D eigenvalue weighted by Crippen LogP contribution is 2.35. The van der Waals surface area contributed by atoms with Crippen LogP contribution in [0.3, 0.4) is 0 Å². The van der Waals surface area contributed by atoms with Gasteiger partial charge in [-0.1, -0.05) is 36.3 Å². The van der Waals surface area contributed by atoms with Crippen molar-refractivity contribution in [3.8, 4) is 0 Å². The molecular weight excluding hydrogens is 725 g/mol. The van der Waals surface area contributed by atoms with E-state index < -0.39 is 20.0 Å². The number of rotatable bonds is 12. The van der Waals surface area contributed by atoms with Gasteiger partial charge >= 0.3 is 0 Å². The van der Waals surface area contributed by atoms with Crippen LogP contribution in [0.4, 0.5) is 0 Å². The molecule has 54 heavy (non-hydrogen) atoms. The summed E-state index contributed by atoms with van der Waals surface area (Å²) in [5.41, 5.74) is 3.26. The number of hydrogen-bond donors (Lipinski definition) is 0. The third-order valence-electron chi connectivity index (χ3n) is 12.5. The van der Waals surface area contributed by atoms with Crippen LogP contribution in [-0.4, -0.2) is 125 Å². The summed E-state index contributed by atoms with van der Waals surface area (Å²) >= 11 is 0. The molecular formula is C40H58N6O6S2. The summed E-state index contributed by atoms with van der Waals surface area (Å²) in [6, 6.07) is 11.0. The lowest BCUT2D eigenvalue weighted by Crippen LogP contribution is -2.38. The summed E-state index contributed by atoms with van der Waals surface area (Å²) in [5, 5.41) is 9.42. The van der Waals surface area contributed by atoms with Crippen molar-refractivity contribution in [2.24, 2.45) is 22.1 Å². The normalized spacial score (nSPS) is 24.1. The van der Waals surface area contributed by atoms with Crippen molar-refractivity contribution in [2.75, 3.05) is 66.6 Å². The number of piperidine rings is 2. The van der Waals surface area contributed by atoms with Crippen molar-refractivity contribution < 1.29 is 26.5 Å². The summed E-state index contributed by atoms with van der Waals surface area (Å²) in [4.78, 5) is 17.1. The Morgan fingerprint density at radius 1 is 0.574 bits per heavy atom. The van der Waals surface area contributed by atoms with Crippen LogP contribution in [-0.2, 0) is 29.7 Å². The van der Waals surface area contributed by atoms with Crippen molar-refractivity contribution in [3.05, 3.63) is 58.7 Å². The largest absolute Gasteiger partial charge is 0.395 e. The van der Waals surface area contributed by atoms with Crippen molar-refractivity contribution >= 4 is 31.5 Å². The Balaban J connectivity index is 1.29. The third-order valence-corrected chi connectivity index (χ3v) is 16.3. The first-order valence-corrected chi connectivity index (χ1v) is 22.9. The van der Waals surface area contributed by atoms with E-state index >= 15 is 0 Å². The molecule has 0 saturated carbocycles. The SMILES string of the molecule is CC1CCN(S(=O)(=O)c2ccc3c(c2)C(=NOCCC2CCCN2C)c2cc(S(=O)(=O)N4CCC(C)CC4)ccc2C3=NOCCC2CCCN2C)CC1.